The number of anilines is 1. The lowest BCUT2D eigenvalue weighted by Crippen LogP contribution is -2.29. The van der Waals surface area contributed by atoms with Gasteiger partial charge in [0.25, 0.3) is 11.7 Å². The number of aromatic nitrogens is 1. The van der Waals surface area contributed by atoms with Crippen LogP contribution in [0.25, 0.3) is 5.76 Å². The first kappa shape index (κ1) is 20.0. The Balaban J connectivity index is 1.92. The van der Waals surface area contributed by atoms with E-state index in [1.54, 1.807) is 54.9 Å². The Labute approximate surface area is 182 Å². The molecule has 1 unspecified atom stereocenters. The zero-order valence-corrected chi connectivity index (χ0v) is 17.8. The van der Waals surface area contributed by atoms with Gasteiger partial charge in [-0.2, -0.15) is 0 Å². The van der Waals surface area contributed by atoms with Crippen LogP contribution in [0, 0.1) is 0 Å². The van der Waals surface area contributed by atoms with Crippen LogP contribution in [0.3, 0.4) is 0 Å². The van der Waals surface area contributed by atoms with Gasteiger partial charge in [-0.25, -0.2) is 0 Å². The average Bonchev–Trinajstić information content (AvgIpc) is 3.04. The van der Waals surface area contributed by atoms with Gasteiger partial charge in [0.15, 0.2) is 0 Å². The molecule has 3 aromatic rings. The van der Waals surface area contributed by atoms with E-state index in [4.69, 9.17) is 0 Å². The van der Waals surface area contributed by atoms with Crippen LogP contribution in [0.5, 0.6) is 0 Å². The number of rotatable bonds is 4. The standard InChI is InChI=1S/C24H19BrN2O3/c1-2-15-8-10-16(11-9-15)22(28)20-21(17-5-4-12-26-14-17)27(24(30)23(20)29)19-7-3-6-18(25)13-19/h3-14,21,28H,2H2,1H3/b22-20+. The van der Waals surface area contributed by atoms with Gasteiger partial charge in [0.2, 0.25) is 0 Å². The lowest BCUT2D eigenvalue weighted by Gasteiger charge is -2.25. The fourth-order valence-electron chi connectivity index (χ4n) is 3.63. The van der Waals surface area contributed by atoms with Crippen LogP contribution >= 0.6 is 15.9 Å². The highest BCUT2D eigenvalue weighted by molar-refractivity contribution is 9.10. The maximum absolute atomic E-state index is 13.1. The molecule has 1 aliphatic rings. The maximum Gasteiger partial charge on any atom is 0.300 e. The summed E-state index contributed by atoms with van der Waals surface area (Å²) in [6, 6.07) is 17.3. The van der Waals surface area contributed by atoms with Crippen molar-refractivity contribution in [2.45, 2.75) is 19.4 Å². The predicted molar refractivity (Wildman–Crippen MR) is 119 cm³/mol. The summed E-state index contributed by atoms with van der Waals surface area (Å²) < 4.78 is 0.780. The van der Waals surface area contributed by atoms with Crippen molar-refractivity contribution < 1.29 is 14.7 Å². The maximum atomic E-state index is 13.1. The lowest BCUT2D eigenvalue weighted by atomic mass is 9.95. The van der Waals surface area contributed by atoms with Crippen molar-refractivity contribution in [1.82, 2.24) is 4.98 Å². The van der Waals surface area contributed by atoms with E-state index in [1.807, 2.05) is 25.1 Å². The zero-order valence-electron chi connectivity index (χ0n) is 16.2. The first-order chi connectivity index (χ1) is 14.5. The summed E-state index contributed by atoms with van der Waals surface area (Å²) in [4.78, 5) is 31.7. The third-order valence-corrected chi connectivity index (χ3v) is 5.66. The topological polar surface area (TPSA) is 70.5 Å². The average molecular weight is 463 g/mol. The number of ketones is 1. The van der Waals surface area contributed by atoms with E-state index in [1.165, 1.54) is 4.90 Å². The molecule has 0 saturated carbocycles. The summed E-state index contributed by atoms with van der Waals surface area (Å²) >= 11 is 3.42. The molecule has 0 aliphatic carbocycles. The Morgan fingerprint density at radius 1 is 1.10 bits per heavy atom. The van der Waals surface area contributed by atoms with Crippen molar-refractivity contribution in [3.63, 3.8) is 0 Å². The van der Waals surface area contributed by atoms with Gasteiger partial charge in [0.05, 0.1) is 11.6 Å². The molecular weight excluding hydrogens is 444 g/mol. The van der Waals surface area contributed by atoms with Gasteiger partial charge in [-0.15, -0.1) is 0 Å². The number of benzene rings is 2. The highest BCUT2D eigenvalue weighted by Crippen LogP contribution is 2.42. The molecule has 1 aromatic heterocycles. The molecule has 2 aromatic carbocycles. The van der Waals surface area contributed by atoms with E-state index in [0.717, 1.165) is 16.5 Å². The Kier molecular flexibility index (Phi) is 5.50. The highest BCUT2D eigenvalue weighted by Gasteiger charge is 2.47. The lowest BCUT2D eigenvalue weighted by molar-refractivity contribution is -0.132. The predicted octanol–water partition coefficient (Wildman–Crippen LogP) is 5.03. The second-order valence-electron chi connectivity index (χ2n) is 6.99. The monoisotopic (exact) mass is 462 g/mol. The molecule has 1 fully saturated rings. The minimum Gasteiger partial charge on any atom is -0.507 e. The molecule has 2 heterocycles. The highest BCUT2D eigenvalue weighted by atomic mass is 79.9. The minimum atomic E-state index is -0.779. The number of hydrogen-bond acceptors (Lipinski definition) is 4. The molecule has 1 aliphatic heterocycles. The van der Waals surface area contributed by atoms with Crippen molar-refractivity contribution in [2.24, 2.45) is 0 Å². The van der Waals surface area contributed by atoms with Crippen molar-refractivity contribution in [2.75, 3.05) is 4.90 Å². The number of aryl methyl sites for hydroxylation is 1. The first-order valence-electron chi connectivity index (χ1n) is 9.57. The number of halogens is 1. The summed E-state index contributed by atoms with van der Waals surface area (Å²) in [5.41, 5.74) is 2.86. The Morgan fingerprint density at radius 2 is 1.87 bits per heavy atom. The summed E-state index contributed by atoms with van der Waals surface area (Å²) in [5.74, 6) is -1.60. The molecule has 4 rings (SSSR count). The number of hydrogen-bond donors (Lipinski definition) is 1. The van der Waals surface area contributed by atoms with Gasteiger partial charge in [0, 0.05) is 28.1 Å². The molecular formula is C24H19BrN2O3. The van der Waals surface area contributed by atoms with Crippen molar-refractivity contribution >= 4 is 39.1 Å². The van der Waals surface area contributed by atoms with E-state index in [2.05, 4.69) is 20.9 Å². The van der Waals surface area contributed by atoms with Crippen molar-refractivity contribution in [1.29, 1.82) is 0 Å². The van der Waals surface area contributed by atoms with Crippen LogP contribution < -0.4 is 4.90 Å². The number of carbonyl (C=O) groups excluding carboxylic acids is 2. The smallest absolute Gasteiger partial charge is 0.300 e. The van der Waals surface area contributed by atoms with Gasteiger partial charge < -0.3 is 5.11 Å². The van der Waals surface area contributed by atoms with Crippen molar-refractivity contribution in [3.05, 3.63) is 99.8 Å². The van der Waals surface area contributed by atoms with Crippen LogP contribution in [0.1, 0.15) is 29.7 Å². The summed E-state index contributed by atoms with van der Waals surface area (Å²) in [6.07, 6.45) is 4.09. The number of amides is 1. The Bertz CT molecular complexity index is 1140. The first-order valence-corrected chi connectivity index (χ1v) is 10.4. The van der Waals surface area contributed by atoms with Crippen LogP contribution in [0.4, 0.5) is 5.69 Å². The second kappa shape index (κ2) is 8.24. The molecule has 0 bridgehead atoms. The van der Waals surface area contributed by atoms with Gasteiger partial charge in [-0.3, -0.25) is 19.5 Å². The largest absolute Gasteiger partial charge is 0.507 e. The van der Waals surface area contributed by atoms with Crippen LogP contribution in [-0.4, -0.2) is 21.8 Å². The van der Waals surface area contributed by atoms with Crippen LogP contribution in [0.2, 0.25) is 0 Å². The second-order valence-corrected chi connectivity index (χ2v) is 7.90. The molecule has 30 heavy (non-hydrogen) atoms. The minimum absolute atomic E-state index is 0.0530. The molecule has 1 N–H and O–H groups in total. The van der Waals surface area contributed by atoms with Gasteiger partial charge in [-0.1, -0.05) is 59.3 Å². The number of nitrogens with zero attached hydrogens (tertiary/aromatic N) is 2. The fraction of sp³-hybridized carbons (Fsp3) is 0.125. The number of aliphatic hydroxyl groups excluding tert-OH is 1. The van der Waals surface area contributed by atoms with Gasteiger partial charge in [0.1, 0.15) is 5.76 Å². The fourth-order valence-corrected chi connectivity index (χ4v) is 4.02. The van der Waals surface area contributed by atoms with E-state index < -0.39 is 17.7 Å². The number of Topliss-reactive ketones (excluding diaryl/α,β-unsaturated/α-hetero) is 1. The van der Waals surface area contributed by atoms with E-state index in [-0.39, 0.29) is 11.3 Å². The summed E-state index contributed by atoms with van der Waals surface area (Å²) in [5, 5.41) is 11.1. The van der Waals surface area contributed by atoms with Crippen LogP contribution in [-0.2, 0) is 16.0 Å². The van der Waals surface area contributed by atoms with E-state index in [0.29, 0.717) is 16.8 Å². The molecule has 150 valence electrons. The Hall–Kier alpha value is -3.25. The van der Waals surface area contributed by atoms with Crippen molar-refractivity contribution in [3.8, 4) is 0 Å². The van der Waals surface area contributed by atoms with Gasteiger partial charge in [-0.05, 0) is 41.8 Å². The van der Waals surface area contributed by atoms with Crippen LogP contribution in [0.15, 0.2) is 83.1 Å². The Morgan fingerprint density at radius 3 is 2.50 bits per heavy atom. The molecule has 1 amide bonds. The number of carbonyl (C=O) groups is 2. The molecule has 1 saturated heterocycles. The summed E-state index contributed by atoms with van der Waals surface area (Å²) in [6.45, 7) is 2.04. The molecule has 0 spiro atoms. The van der Waals surface area contributed by atoms with Gasteiger partial charge >= 0.3 is 0 Å². The summed E-state index contributed by atoms with van der Waals surface area (Å²) in [7, 11) is 0. The zero-order chi connectivity index (χ0) is 21.3. The molecule has 1 atom stereocenters. The molecule has 0 radical (unpaired) electrons. The number of aliphatic hydroxyl groups is 1. The normalized spacial score (nSPS) is 18.1. The third-order valence-electron chi connectivity index (χ3n) is 5.17. The van der Waals surface area contributed by atoms with E-state index in [9.17, 15) is 14.7 Å². The quantitative estimate of drug-likeness (QED) is 0.335. The molecule has 6 heteroatoms. The number of pyridine rings is 1. The third kappa shape index (κ3) is 3.55. The van der Waals surface area contributed by atoms with E-state index >= 15 is 0 Å². The molecule has 5 nitrogen and oxygen atoms in total. The SMILES string of the molecule is CCc1ccc(/C(O)=C2\C(=O)C(=O)N(c3cccc(Br)c3)C2c2cccnc2)cc1.